The maximum atomic E-state index is 11.2. The summed E-state index contributed by atoms with van der Waals surface area (Å²) in [6, 6.07) is 3.29. The van der Waals surface area contributed by atoms with Gasteiger partial charge in [0.1, 0.15) is 0 Å². The SMILES string of the molecule is CCCCC(CC)c1cc(=O)cc[nH]1. The fourth-order valence-corrected chi connectivity index (χ4v) is 1.73. The number of unbranched alkanes of at least 4 members (excludes halogenated alkanes) is 1. The van der Waals surface area contributed by atoms with Gasteiger partial charge in [0.05, 0.1) is 0 Å². The molecule has 1 aromatic heterocycles. The van der Waals surface area contributed by atoms with Crippen molar-refractivity contribution in [2.75, 3.05) is 0 Å². The molecular weight excluding hydrogens is 174 g/mol. The molecule has 14 heavy (non-hydrogen) atoms. The lowest BCUT2D eigenvalue weighted by molar-refractivity contribution is 0.557. The van der Waals surface area contributed by atoms with Crippen LogP contribution in [0.4, 0.5) is 0 Å². The van der Waals surface area contributed by atoms with Crippen molar-refractivity contribution in [3.63, 3.8) is 0 Å². The third kappa shape index (κ3) is 3.02. The molecule has 2 nitrogen and oxygen atoms in total. The molecule has 0 aliphatic carbocycles. The van der Waals surface area contributed by atoms with Crippen molar-refractivity contribution in [3.05, 3.63) is 34.2 Å². The zero-order valence-corrected chi connectivity index (χ0v) is 9.05. The van der Waals surface area contributed by atoms with Crippen molar-refractivity contribution in [2.24, 2.45) is 0 Å². The molecule has 0 spiro atoms. The van der Waals surface area contributed by atoms with Gasteiger partial charge in [0, 0.05) is 24.0 Å². The minimum Gasteiger partial charge on any atom is -0.365 e. The molecule has 0 fully saturated rings. The standard InChI is InChI=1S/C12H19NO/c1-3-5-6-10(4-2)12-9-11(14)7-8-13-12/h7-10H,3-6H2,1-2H3,(H,13,14). The molecule has 78 valence electrons. The first-order chi connectivity index (χ1) is 6.77. The lowest BCUT2D eigenvalue weighted by Gasteiger charge is -2.13. The van der Waals surface area contributed by atoms with Gasteiger partial charge < -0.3 is 4.98 Å². The predicted molar refractivity (Wildman–Crippen MR) is 59.6 cm³/mol. The van der Waals surface area contributed by atoms with Crippen LogP contribution in [0.5, 0.6) is 0 Å². The third-order valence-corrected chi connectivity index (χ3v) is 2.63. The molecule has 1 aromatic rings. The monoisotopic (exact) mass is 193 g/mol. The molecule has 0 saturated carbocycles. The summed E-state index contributed by atoms with van der Waals surface area (Å²) in [6.07, 6.45) is 6.46. The minimum absolute atomic E-state index is 0.105. The van der Waals surface area contributed by atoms with E-state index in [-0.39, 0.29) is 5.43 Å². The van der Waals surface area contributed by atoms with E-state index in [1.807, 2.05) is 0 Å². The second-order valence-corrected chi connectivity index (χ2v) is 3.73. The Balaban J connectivity index is 2.73. The largest absolute Gasteiger partial charge is 0.365 e. The highest BCUT2D eigenvalue weighted by atomic mass is 16.1. The van der Waals surface area contributed by atoms with Crippen molar-refractivity contribution in [1.29, 1.82) is 0 Å². The van der Waals surface area contributed by atoms with Crippen LogP contribution in [0.2, 0.25) is 0 Å². The number of rotatable bonds is 5. The summed E-state index contributed by atoms with van der Waals surface area (Å²) < 4.78 is 0. The van der Waals surface area contributed by atoms with E-state index in [0.29, 0.717) is 5.92 Å². The molecule has 0 aliphatic rings. The maximum Gasteiger partial charge on any atom is 0.181 e. The van der Waals surface area contributed by atoms with Crippen molar-refractivity contribution >= 4 is 0 Å². The van der Waals surface area contributed by atoms with Crippen molar-refractivity contribution in [2.45, 2.75) is 45.4 Å². The van der Waals surface area contributed by atoms with Crippen LogP contribution in [0.25, 0.3) is 0 Å². The Labute approximate surface area is 85.4 Å². The third-order valence-electron chi connectivity index (χ3n) is 2.63. The van der Waals surface area contributed by atoms with Gasteiger partial charge in [-0.3, -0.25) is 4.79 Å². The molecule has 0 aliphatic heterocycles. The smallest absolute Gasteiger partial charge is 0.181 e. The Morgan fingerprint density at radius 3 is 2.79 bits per heavy atom. The van der Waals surface area contributed by atoms with Crippen LogP contribution in [-0.4, -0.2) is 4.98 Å². The first-order valence-electron chi connectivity index (χ1n) is 5.46. The van der Waals surface area contributed by atoms with Gasteiger partial charge in [0.2, 0.25) is 0 Å². The Morgan fingerprint density at radius 1 is 1.43 bits per heavy atom. The summed E-state index contributed by atoms with van der Waals surface area (Å²) in [7, 11) is 0. The lowest BCUT2D eigenvalue weighted by atomic mass is 9.95. The molecule has 1 unspecified atom stereocenters. The van der Waals surface area contributed by atoms with E-state index >= 15 is 0 Å². The normalized spacial score (nSPS) is 12.7. The molecule has 0 saturated heterocycles. The Morgan fingerprint density at radius 2 is 2.21 bits per heavy atom. The summed E-state index contributed by atoms with van der Waals surface area (Å²) in [5.74, 6) is 0.517. The number of nitrogens with one attached hydrogen (secondary N) is 1. The van der Waals surface area contributed by atoms with Crippen LogP contribution < -0.4 is 5.43 Å². The molecule has 0 amide bonds. The quantitative estimate of drug-likeness (QED) is 0.766. The van der Waals surface area contributed by atoms with E-state index in [4.69, 9.17) is 0 Å². The summed E-state index contributed by atoms with van der Waals surface area (Å²) in [4.78, 5) is 14.3. The van der Waals surface area contributed by atoms with Crippen molar-refractivity contribution < 1.29 is 0 Å². The Bertz CT molecular complexity index is 316. The van der Waals surface area contributed by atoms with Crippen LogP contribution in [0.1, 0.15) is 51.1 Å². The number of H-pyrrole nitrogens is 1. The molecule has 0 bridgehead atoms. The molecule has 1 N–H and O–H groups in total. The number of hydrogen-bond donors (Lipinski definition) is 1. The van der Waals surface area contributed by atoms with Crippen molar-refractivity contribution in [1.82, 2.24) is 4.98 Å². The molecule has 2 heteroatoms. The first-order valence-corrected chi connectivity index (χ1v) is 5.46. The van der Waals surface area contributed by atoms with Gasteiger partial charge in [0.15, 0.2) is 5.43 Å². The highest BCUT2D eigenvalue weighted by Crippen LogP contribution is 2.22. The highest BCUT2D eigenvalue weighted by molar-refractivity contribution is 5.09. The fourth-order valence-electron chi connectivity index (χ4n) is 1.73. The second-order valence-electron chi connectivity index (χ2n) is 3.73. The zero-order valence-electron chi connectivity index (χ0n) is 9.05. The van der Waals surface area contributed by atoms with Gasteiger partial charge in [0.25, 0.3) is 0 Å². The fraction of sp³-hybridized carbons (Fsp3) is 0.583. The summed E-state index contributed by atoms with van der Waals surface area (Å²) in [5.41, 5.74) is 1.20. The van der Waals surface area contributed by atoms with Gasteiger partial charge in [-0.05, 0) is 18.8 Å². The second kappa shape index (κ2) is 5.63. The van der Waals surface area contributed by atoms with Gasteiger partial charge in [-0.25, -0.2) is 0 Å². The average Bonchev–Trinajstić information content (AvgIpc) is 2.19. The minimum atomic E-state index is 0.105. The van der Waals surface area contributed by atoms with E-state index in [0.717, 1.165) is 12.1 Å². The van der Waals surface area contributed by atoms with E-state index in [9.17, 15) is 4.79 Å². The van der Waals surface area contributed by atoms with E-state index in [1.165, 1.54) is 19.3 Å². The van der Waals surface area contributed by atoms with E-state index in [1.54, 1.807) is 18.3 Å². The van der Waals surface area contributed by atoms with Crippen LogP contribution in [0, 0.1) is 0 Å². The Kier molecular flexibility index (Phi) is 4.44. The molecule has 1 heterocycles. The average molecular weight is 193 g/mol. The highest BCUT2D eigenvalue weighted by Gasteiger charge is 2.08. The van der Waals surface area contributed by atoms with Crippen molar-refractivity contribution in [3.8, 4) is 0 Å². The van der Waals surface area contributed by atoms with E-state index < -0.39 is 0 Å². The topological polar surface area (TPSA) is 32.9 Å². The van der Waals surface area contributed by atoms with Crippen LogP contribution in [0.3, 0.4) is 0 Å². The molecule has 1 rings (SSSR count). The number of aromatic nitrogens is 1. The lowest BCUT2D eigenvalue weighted by Crippen LogP contribution is -2.06. The molecule has 0 radical (unpaired) electrons. The van der Waals surface area contributed by atoms with Crippen LogP contribution in [-0.2, 0) is 0 Å². The van der Waals surface area contributed by atoms with Crippen LogP contribution >= 0.6 is 0 Å². The molecular formula is C12H19NO. The van der Waals surface area contributed by atoms with Crippen LogP contribution in [0.15, 0.2) is 23.1 Å². The summed E-state index contributed by atoms with van der Waals surface area (Å²) >= 11 is 0. The van der Waals surface area contributed by atoms with Gasteiger partial charge in [-0.2, -0.15) is 0 Å². The maximum absolute atomic E-state index is 11.2. The number of hydrogen-bond acceptors (Lipinski definition) is 1. The number of pyridine rings is 1. The van der Waals surface area contributed by atoms with Gasteiger partial charge in [-0.15, -0.1) is 0 Å². The predicted octanol–water partition coefficient (Wildman–Crippen LogP) is 3.06. The zero-order chi connectivity index (χ0) is 10.4. The van der Waals surface area contributed by atoms with Gasteiger partial charge >= 0.3 is 0 Å². The molecule has 0 aromatic carbocycles. The summed E-state index contributed by atoms with van der Waals surface area (Å²) in [6.45, 7) is 4.37. The first kappa shape index (κ1) is 11.0. The number of aromatic amines is 1. The van der Waals surface area contributed by atoms with E-state index in [2.05, 4.69) is 18.8 Å². The Hall–Kier alpha value is -1.05. The van der Waals surface area contributed by atoms with Gasteiger partial charge in [-0.1, -0.05) is 26.7 Å². The molecule has 1 atom stereocenters. The summed E-state index contributed by atoms with van der Waals surface area (Å²) in [5, 5.41) is 0.